The average molecular weight is 456 g/mol. The predicted octanol–water partition coefficient (Wildman–Crippen LogP) is 3.98. The quantitative estimate of drug-likeness (QED) is 0.631. The van der Waals surface area contributed by atoms with Crippen LogP contribution in [0, 0.1) is 0 Å². The maximum atomic E-state index is 12.8. The molecule has 2 heterocycles. The molecule has 0 saturated heterocycles. The Morgan fingerprint density at radius 3 is 2.77 bits per heavy atom. The molecule has 0 fully saturated rings. The van der Waals surface area contributed by atoms with Crippen molar-refractivity contribution in [3.63, 3.8) is 0 Å². The third-order valence-electron chi connectivity index (χ3n) is 5.15. The van der Waals surface area contributed by atoms with Gasteiger partial charge in [-0.2, -0.15) is 0 Å². The Hall–Kier alpha value is -2.90. The lowest BCUT2D eigenvalue weighted by atomic mass is 10.2. The van der Waals surface area contributed by atoms with E-state index in [1.165, 1.54) is 11.3 Å². The summed E-state index contributed by atoms with van der Waals surface area (Å²) < 4.78 is 5.22. The van der Waals surface area contributed by atoms with Crippen molar-refractivity contribution in [2.45, 2.75) is 19.4 Å². The van der Waals surface area contributed by atoms with Crippen LogP contribution in [0.1, 0.15) is 36.3 Å². The molecule has 3 aromatic rings. The molecule has 1 aliphatic heterocycles. The number of hydrogen-bond donors (Lipinski definition) is 1. The van der Waals surface area contributed by atoms with E-state index in [1.807, 2.05) is 29.2 Å². The smallest absolute Gasteiger partial charge is 0.280 e. The van der Waals surface area contributed by atoms with E-state index in [9.17, 15) is 9.59 Å². The largest absolute Gasteiger partial charge is 0.497 e. The highest BCUT2D eigenvalue weighted by atomic mass is 35.5. The van der Waals surface area contributed by atoms with Gasteiger partial charge in [0.15, 0.2) is 5.01 Å². The number of thiazole rings is 1. The van der Waals surface area contributed by atoms with Gasteiger partial charge in [0.2, 0.25) is 0 Å². The molecule has 0 aliphatic carbocycles. The van der Waals surface area contributed by atoms with Gasteiger partial charge in [0.25, 0.3) is 11.8 Å². The van der Waals surface area contributed by atoms with Gasteiger partial charge in [-0.25, -0.2) is 4.98 Å². The second-order valence-corrected chi connectivity index (χ2v) is 8.75. The number of aromatic nitrogens is 1. The first-order valence-corrected chi connectivity index (χ1v) is 11.2. The first kappa shape index (κ1) is 21.3. The molecule has 1 N–H and O–H groups in total. The summed E-state index contributed by atoms with van der Waals surface area (Å²) in [5.41, 5.74) is 2.45. The minimum Gasteiger partial charge on any atom is -0.497 e. The van der Waals surface area contributed by atoms with Crippen LogP contribution in [-0.2, 0) is 19.4 Å². The molecule has 0 radical (unpaired) electrons. The van der Waals surface area contributed by atoms with Gasteiger partial charge in [-0.05, 0) is 35.9 Å². The van der Waals surface area contributed by atoms with Crippen LogP contribution < -0.4 is 10.1 Å². The zero-order valence-corrected chi connectivity index (χ0v) is 18.6. The van der Waals surface area contributed by atoms with Crippen molar-refractivity contribution in [2.75, 3.05) is 20.2 Å². The summed E-state index contributed by atoms with van der Waals surface area (Å²) in [7, 11) is 1.62. The average Bonchev–Trinajstić information content (AvgIpc) is 3.10. The summed E-state index contributed by atoms with van der Waals surface area (Å²) in [6.45, 7) is 1.56. The molecule has 4 rings (SSSR count). The first-order chi connectivity index (χ1) is 15.0. The number of methoxy groups -OCH3 is 1. The molecule has 2 aromatic carbocycles. The van der Waals surface area contributed by atoms with Crippen LogP contribution in [0.2, 0.25) is 5.02 Å². The van der Waals surface area contributed by atoms with E-state index in [0.717, 1.165) is 21.9 Å². The monoisotopic (exact) mass is 455 g/mol. The fourth-order valence-corrected chi connectivity index (χ4v) is 4.71. The molecule has 0 unspecified atom stereocenters. The van der Waals surface area contributed by atoms with Crippen molar-refractivity contribution < 1.29 is 14.3 Å². The third-order valence-corrected chi connectivity index (χ3v) is 6.54. The van der Waals surface area contributed by atoms with Crippen molar-refractivity contribution in [3.05, 3.63) is 80.3 Å². The number of rotatable bonds is 5. The van der Waals surface area contributed by atoms with Crippen LogP contribution in [0.5, 0.6) is 5.75 Å². The Morgan fingerprint density at radius 1 is 1.16 bits per heavy atom. The maximum absolute atomic E-state index is 12.8. The van der Waals surface area contributed by atoms with Crippen molar-refractivity contribution in [1.29, 1.82) is 0 Å². The van der Waals surface area contributed by atoms with Gasteiger partial charge >= 0.3 is 0 Å². The Balaban J connectivity index is 1.37. The van der Waals surface area contributed by atoms with Crippen LogP contribution in [0.3, 0.4) is 0 Å². The maximum Gasteiger partial charge on any atom is 0.280 e. The second kappa shape index (κ2) is 9.49. The van der Waals surface area contributed by atoms with Crippen LogP contribution in [-0.4, -0.2) is 41.9 Å². The Labute approximate surface area is 189 Å². The zero-order chi connectivity index (χ0) is 21.8. The highest BCUT2D eigenvalue weighted by Gasteiger charge is 2.24. The Kier molecular flexibility index (Phi) is 6.53. The molecule has 6 nitrogen and oxygen atoms in total. The van der Waals surface area contributed by atoms with Crippen LogP contribution >= 0.6 is 22.9 Å². The lowest BCUT2D eigenvalue weighted by Gasteiger charge is -2.20. The number of hydrogen-bond acceptors (Lipinski definition) is 5. The van der Waals surface area contributed by atoms with Crippen LogP contribution in [0.4, 0.5) is 0 Å². The number of carbonyl (C=O) groups is 2. The van der Waals surface area contributed by atoms with E-state index in [-0.39, 0.29) is 11.8 Å². The minimum atomic E-state index is -0.187. The Bertz CT molecular complexity index is 1090. The lowest BCUT2D eigenvalue weighted by Crippen LogP contribution is -2.33. The summed E-state index contributed by atoms with van der Waals surface area (Å²) in [5.74, 6) is 0.534. The van der Waals surface area contributed by atoms with Crippen molar-refractivity contribution in [1.82, 2.24) is 15.2 Å². The van der Waals surface area contributed by atoms with Gasteiger partial charge in [0, 0.05) is 47.9 Å². The number of benzene rings is 2. The molecule has 2 amide bonds. The number of carbonyl (C=O) groups excluding carboxylic acids is 2. The molecule has 0 spiro atoms. The molecular formula is C23H22ClN3O3S. The van der Waals surface area contributed by atoms with E-state index in [0.29, 0.717) is 48.1 Å². The molecule has 160 valence electrons. The number of fused-ring (bicyclic) bond motifs is 1. The summed E-state index contributed by atoms with van der Waals surface area (Å²) in [6, 6.07) is 14.6. The summed E-state index contributed by atoms with van der Waals surface area (Å²) >= 11 is 7.42. The third kappa shape index (κ3) is 5.06. The molecular weight excluding hydrogens is 434 g/mol. The normalized spacial score (nSPS) is 13.3. The number of ether oxygens (including phenoxy) is 1. The highest BCUT2D eigenvalue weighted by Crippen LogP contribution is 2.24. The molecule has 1 aromatic heterocycles. The van der Waals surface area contributed by atoms with Crippen molar-refractivity contribution in [3.8, 4) is 5.75 Å². The van der Waals surface area contributed by atoms with Gasteiger partial charge in [-0.3, -0.25) is 9.59 Å². The first-order valence-electron chi connectivity index (χ1n) is 9.98. The van der Waals surface area contributed by atoms with Crippen LogP contribution in [0.25, 0.3) is 0 Å². The van der Waals surface area contributed by atoms with Gasteiger partial charge in [0.05, 0.1) is 12.8 Å². The molecule has 0 saturated carbocycles. The van der Waals surface area contributed by atoms with E-state index in [2.05, 4.69) is 10.3 Å². The predicted molar refractivity (Wildman–Crippen MR) is 121 cm³/mol. The van der Waals surface area contributed by atoms with E-state index in [1.54, 1.807) is 31.4 Å². The SMILES string of the molecule is COc1cccc(CNC(=O)c2nc3c(s2)CCN(C(=O)c2cccc(Cl)c2)CC3)c1. The standard InChI is InChI=1S/C23H22ClN3O3S/c1-30-18-7-2-4-15(12-18)14-25-21(28)22-26-19-8-10-27(11-9-20(19)31-22)23(29)16-5-3-6-17(24)13-16/h2-7,12-13H,8-11,14H2,1H3,(H,25,28). The van der Waals surface area contributed by atoms with E-state index < -0.39 is 0 Å². The number of nitrogens with zero attached hydrogens (tertiary/aromatic N) is 2. The van der Waals surface area contributed by atoms with Gasteiger partial charge < -0.3 is 15.0 Å². The second-order valence-electron chi connectivity index (χ2n) is 7.23. The minimum absolute atomic E-state index is 0.0334. The zero-order valence-electron chi connectivity index (χ0n) is 17.1. The summed E-state index contributed by atoms with van der Waals surface area (Å²) in [4.78, 5) is 32.8. The molecule has 8 heteroatoms. The molecule has 0 bridgehead atoms. The van der Waals surface area contributed by atoms with Crippen molar-refractivity contribution >= 4 is 34.8 Å². The highest BCUT2D eigenvalue weighted by molar-refractivity contribution is 7.13. The van der Waals surface area contributed by atoms with Crippen LogP contribution in [0.15, 0.2) is 48.5 Å². The molecule has 1 aliphatic rings. The number of nitrogens with one attached hydrogen (secondary N) is 1. The van der Waals surface area contributed by atoms with Gasteiger partial charge in [0.1, 0.15) is 5.75 Å². The molecule has 0 atom stereocenters. The molecule has 31 heavy (non-hydrogen) atoms. The van der Waals surface area contributed by atoms with Gasteiger partial charge in [-0.1, -0.05) is 29.8 Å². The number of halogens is 1. The summed E-state index contributed by atoms with van der Waals surface area (Å²) in [6.07, 6.45) is 1.31. The fraction of sp³-hybridized carbons (Fsp3) is 0.261. The van der Waals surface area contributed by atoms with Gasteiger partial charge in [-0.15, -0.1) is 11.3 Å². The Morgan fingerprint density at radius 2 is 1.97 bits per heavy atom. The van der Waals surface area contributed by atoms with Crippen molar-refractivity contribution in [2.24, 2.45) is 0 Å². The topological polar surface area (TPSA) is 71.5 Å². The fourth-order valence-electron chi connectivity index (χ4n) is 3.51. The number of amides is 2. The summed E-state index contributed by atoms with van der Waals surface area (Å²) in [5, 5.41) is 3.93. The lowest BCUT2D eigenvalue weighted by molar-refractivity contribution is 0.0762. The van der Waals surface area contributed by atoms with E-state index in [4.69, 9.17) is 16.3 Å². The van der Waals surface area contributed by atoms with E-state index >= 15 is 0 Å².